The number of carbonyl (C=O) groups is 6. The fourth-order valence-electron chi connectivity index (χ4n) is 10.4. The van der Waals surface area contributed by atoms with Crippen molar-refractivity contribution in [3.05, 3.63) is 47.6 Å². The third-order valence-electron chi connectivity index (χ3n) is 14.8. The van der Waals surface area contributed by atoms with E-state index in [2.05, 4.69) is 0 Å². The molecule has 15 nitrogen and oxygen atoms in total. The van der Waals surface area contributed by atoms with Gasteiger partial charge in [0, 0.05) is 58.5 Å². The topological polar surface area (TPSA) is 201 Å². The van der Waals surface area contributed by atoms with Gasteiger partial charge in [-0.05, 0) is 107 Å². The number of cyclic esters (lactones) is 1. The van der Waals surface area contributed by atoms with E-state index in [0.29, 0.717) is 69.8 Å². The summed E-state index contributed by atoms with van der Waals surface area (Å²) in [5.41, 5.74) is 1.24. The van der Waals surface area contributed by atoms with E-state index in [1.807, 2.05) is 51.2 Å². The van der Waals surface area contributed by atoms with E-state index in [0.717, 1.165) is 5.57 Å². The number of alkyl halides is 1. The predicted octanol–water partition coefficient (Wildman–Crippen LogP) is 6.97. The van der Waals surface area contributed by atoms with Gasteiger partial charge in [-0.3, -0.25) is 24.0 Å². The van der Waals surface area contributed by atoms with E-state index in [-0.39, 0.29) is 48.7 Å². The Kier molecular flexibility index (Phi) is 23.0. The van der Waals surface area contributed by atoms with Gasteiger partial charge in [-0.15, -0.1) is 11.6 Å². The fourth-order valence-corrected chi connectivity index (χ4v) is 10.5. The van der Waals surface area contributed by atoms with E-state index in [1.54, 1.807) is 48.0 Å². The van der Waals surface area contributed by atoms with Gasteiger partial charge in [0.15, 0.2) is 5.78 Å². The lowest BCUT2D eigenvalue weighted by atomic mass is 9.78. The van der Waals surface area contributed by atoms with Crippen LogP contribution in [0.1, 0.15) is 126 Å². The molecule has 1 amide bonds. The number of amides is 1. The molecule has 0 aromatic heterocycles. The zero-order valence-corrected chi connectivity index (χ0v) is 43.3. The van der Waals surface area contributed by atoms with Crippen LogP contribution in [0.2, 0.25) is 0 Å². The summed E-state index contributed by atoms with van der Waals surface area (Å²) in [5, 5.41) is 23.4. The van der Waals surface area contributed by atoms with Gasteiger partial charge in [-0.25, -0.2) is 4.79 Å². The second-order valence-corrected chi connectivity index (χ2v) is 20.5. The Morgan fingerprint density at radius 3 is 2.28 bits per heavy atom. The minimum atomic E-state index is -2.45. The Balaban J connectivity index is 1.70. The van der Waals surface area contributed by atoms with Crippen LogP contribution in [0, 0.1) is 35.5 Å². The first-order valence-electron chi connectivity index (χ1n) is 24.9. The van der Waals surface area contributed by atoms with Crippen LogP contribution in [-0.4, -0.2) is 139 Å². The van der Waals surface area contributed by atoms with Crippen LogP contribution in [0.4, 0.5) is 0 Å². The molecule has 4 aliphatic rings. The second-order valence-electron chi connectivity index (χ2n) is 20.2. The number of carbonyl (C=O) groups excluding carboxylic acids is 6. The monoisotopic (exact) mass is 990 g/mol. The molecule has 3 aliphatic heterocycles. The lowest BCUT2D eigenvalue weighted by Gasteiger charge is -2.42. The number of halogens is 1. The minimum absolute atomic E-state index is 0.00644. The zero-order chi connectivity index (χ0) is 51.2. The molecule has 3 fully saturated rings. The predicted molar refractivity (Wildman–Crippen MR) is 260 cm³/mol. The van der Waals surface area contributed by atoms with Gasteiger partial charge >= 0.3 is 11.9 Å². The molecule has 388 valence electrons. The van der Waals surface area contributed by atoms with Gasteiger partial charge in [0.1, 0.15) is 42.1 Å². The summed E-state index contributed by atoms with van der Waals surface area (Å²) in [7, 11) is 4.49. The summed E-state index contributed by atoms with van der Waals surface area (Å²) in [6.45, 7) is 12.6. The van der Waals surface area contributed by atoms with E-state index in [1.165, 1.54) is 12.0 Å². The molecule has 2 saturated heterocycles. The second kappa shape index (κ2) is 27.3. The van der Waals surface area contributed by atoms with Gasteiger partial charge in [0.25, 0.3) is 11.7 Å². The molecule has 0 aromatic carbocycles. The number of ether oxygens (including phenoxy) is 6. The van der Waals surface area contributed by atoms with E-state index in [4.69, 9.17) is 40.0 Å². The summed E-state index contributed by atoms with van der Waals surface area (Å²) in [6, 6.07) is -1.17. The number of nitrogens with zero attached hydrogens (tertiary/aromatic N) is 1. The maximum Gasteiger partial charge on any atom is 0.329 e. The van der Waals surface area contributed by atoms with Crippen molar-refractivity contribution in [2.45, 2.75) is 180 Å². The lowest BCUT2D eigenvalue weighted by Crippen LogP contribution is -2.61. The summed E-state index contributed by atoms with van der Waals surface area (Å²) < 4.78 is 35.1. The van der Waals surface area contributed by atoms with Crippen LogP contribution in [-0.2, 0) is 57.2 Å². The summed E-state index contributed by atoms with van der Waals surface area (Å²) >= 11 is 5.71. The highest BCUT2D eigenvalue weighted by atomic mass is 35.5. The third-order valence-corrected chi connectivity index (χ3v) is 15.1. The SMILES string of the molecule is CO[C@H]1C[C@@H]2CC[C@@H](C)[C@@](O)(O2)C(=O)C(=O)N2CCCC[C@H]2C(=O)O[C@H]([C@H](C)C[C@@H]2CC[C@@H](OC(=O)CCl)[C@H](OC)C2)CC(=O)[C@H](C)/C=C(\C)[C@@H](O)[C@@H](OC)C(=O)[C@H](C)C[C@H](C)/C=C/C=CC=C1C. The summed E-state index contributed by atoms with van der Waals surface area (Å²) in [4.78, 5) is 84.2. The number of aliphatic hydroxyl groups excluding tert-OH is 1. The van der Waals surface area contributed by atoms with Crippen molar-refractivity contribution < 1.29 is 67.4 Å². The first-order chi connectivity index (χ1) is 32.7. The molecule has 0 aromatic rings. The fraction of sp³-hybridized carbons (Fsp3) is 0.736. The number of esters is 2. The Morgan fingerprint density at radius 2 is 1.61 bits per heavy atom. The average molecular weight is 991 g/mol. The number of rotatable bonds is 8. The van der Waals surface area contributed by atoms with Crippen molar-refractivity contribution in [1.82, 2.24) is 4.90 Å². The molecular formula is C53H80ClNO14. The number of fused-ring (bicyclic) bond motifs is 3. The first-order valence-corrected chi connectivity index (χ1v) is 25.5. The molecule has 0 spiro atoms. The summed E-state index contributed by atoms with van der Waals surface area (Å²) in [6.07, 6.45) is 10.7. The molecule has 0 unspecified atom stereocenters. The van der Waals surface area contributed by atoms with Crippen molar-refractivity contribution in [3.63, 3.8) is 0 Å². The van der Waals surface area contributed by atoms with Gasteiger partial charge in [-0.1, -0.05) is 71.1 Å². The van der Waals surface area contributed by atoms with Crippen LogP contribution in [0.15, 0.2) is 47.6 Å². The smallest absolute Gasteiger partial charge is 0.329 e. The highest BCUT2D eigenvalue weighted by Crippen LogP contribution is 2.38. The standard InChI is InChI=1S/C53H80ClNO14/c1-31-16-12-11-13-17-32(2)43(64-8)28-39-21-19-37(7)53(63,69-39)50(60)51(61)55-23-15-14-18-40(55)52(62)68-44(34(4)26-38-20-22-42(45(27-38)65-9)67-46(57)30-54)29-41(56)33(3)25-36(6)48(59)49(66-10)47(58)35(5)24-31/h11-13,16-17,25,31,33-35,37-40,42-45,48-49,59,63H,14-15,18-24,26-30H2,1-10H3/b13-11?,16-12+,32-17?,36-25+/t31-,33-,34-,35-,37-,38+,39+,40+,42-,43+,44+,45-,48-,49+,53-/m1/s1. The number of piperidine rings is 1. The zero-order valence-electron chi connectivity index (χ0n) is 42.6. The number of allylic oxidation sites excluding steroid dienone is 6. The molecule has 2 bridgehead atoms. The van der Waals surface area contributed by atoms with Crippen LogP contribution in [0.3, 0.4) is 0 Å². The molecular weight excluding hydrogens is 910 g/mol. The Bertz CT molecular complexity index is 1900. The number of methoxy groups -OCH3 is 3. The highest BCUT2D eigenvalue weighted by molar-refractivity contribution is 6.39. The summed E-state index contributed by atoms with van der Waals surface area (Å²) in [5.74, 6) is -9.09. The Morgan fingerprint density at radius 1 is 0.884 bits per heavy atom. The van der Waals surface area contributed by atoms with Crippen LogP contribution in [0.25, 0.3) is 0 Å². The van der Waals surface area contributed by atoms with E-state index >= 15 is 0 Å². The van der Waals surface area contributed by atoms with Gasteiger partial charge in [-0.2, -0.15) is 0 Å². The number of aliphatic hydroxyl groups is 2. The van der Waals surface area contributed by atoms with Crippen molar-refractivity contribution in [3.8, 4) is 0 Å². The van der Waals surface area contributed by atoms with Crippen molar-refractivity contribution in [1.29, 1.82) is 0 Å². The van der Waals surface area contributed by atoms with Crippen molar-refractivity contribution >= 4 is 46.8 Å². The van der Waals surface area contributed by atoms with Crippen molar-refractivity contribution in [2.75, 3.05) is 33.8 Å². The highest BCUT2D eigenvalue weighted by Gasteiger charge is 2.53. The third kappa shape index (κ3) is 15.7. The van der Waals surface area contributed by atoms with E-state index < -0.39 is 102 Å². The molecule has 69 heavy (non-hydrogen) atoms. The van der Waals surface area contributed by atoms with Gasteiger partial charge in [0.2, 0.25) is 5.79 Å². The van der Waals surface area contributed by atoms with Gasteiger partial charge in [0.05, 0.1) is 18.3 Å². The number of ketones is 3. The normalized spacial score (nSPS) is 37.4. The molecule has 1 saturated carbocycles. The minimum Gasteiger partial charge on any atom is -0.460 e. The quantitative estimate of drug-likeness (QED) is 0.109. The van der Waals surface area contributed by atoms with E-state index in [9.17, 15) is 39.0 Å². The maximum atomic E-state index is 14.5. The van der Waals surface area contributed by atoms with Crippen LogP contribution < -0.4 is 0 Å². The number of hydrogen-bond acceptors (Lipinski definition) is 14. The molecule has 2 N–H and O–H groups in total. The molecule has 16 heteroatoms. The van der Waals surface area contributed by atoms with Crippen LogP contribution >= 0.6 is 11.6 Å². The molecule has 4 rings (SSSR count). The average Bonchev–Trinajstić information content (AvgIpc) is 3.33. The molecule has 15 atom stereocenters. The largest absolute Gasteiger partial charge is 0.460 e. The first kappa shape index (κ1) is 58.0. The number of Topliss-reactive ketones (excluding diaryl/α,β-unsaturated/α-hetero) is 3. The molecule has 0 radical (unpaired) electrons. The lowest BCUT2D eigenvalue weighted by molar-refractivity contribution is -0.265. The maximum absolute atomic E-state index is 14.5. The number of hydrogen-bond donors (Lipinski definition) is 2. The molecule has 1 aliphatic carbocycles. The Labute approximate surface area is 414 Å². The van der Waals surface area contributed by atoms with Crippen molar-refractivity contribution in [2.24, 2.45) is 35.5 Å². The van der Waals surface area contributed by atoms with Crippen LogP contribution in [0.5, 0.6) is 0 Å². The molecule has 3 heterocycles. The van der Waals surface area contributed by atoms with Gasteiger partial charge < -0.3 is 43.5 Å². The Hall–Kier alpha value is -3.57.